The lowest BCUT2D eigenvalue weighted by molar-refractivity contribution is -0.365. The molecule has 15 rings (SSSR count). The average Bonchev–Trinajstić information content (AvgIpc) is 0.676. The second-order valence-corrected chi connectivity index (χ2v) is 40.0. The number of ketones is 1. The Bertz CT molecular complexity index is 4760. The van der Waals surface area contributed by atoms with E-state index in [0.29, 0.717) is 28.7 Å². The largest absolute Gasteiger partial charge is 0.455 e. The van der Waals surface area contributed by atoms with Crippen LogP contribution in [0, 0.1) is 56.2 Å². The van der Waals surface area contributed by atoms with E-state index in [4.69, 9.17) is 80.0 Å². The van der Waals surface area contributed by atoms with E-state index in [0.717, 1.165) is 6.92 Å². The summed E-state index contributed by atoms with van der Waals surface area (Å²) in [5.41, 5.74) is -17.0. The molecule has 12 aliphatic rings. The van der Waals surface area contributed by atoms with E-state index in [1.54, 1.807) is 155 Å². The second-order valence-electron chi connectivity index (χ2n) is 39.2. The highest BCUT2D eigenvalue weighted by molar-refractivity contribution is 6.40. The summed E-state index contributed by atoms with van der Waals surface area (Å²) in [6.45, 7) is 28.5. The van der Waals surface area contributed by atoms with Gasteiger partial charge in [0.1, 0.15) is 65.6 Å². The van der Waals surface area contributed by atoms with Crippen LogP contribution in [0.2, 0.25) is 0 Å². The molecule has 6 saturated carbocycles. The van der Waals surface area contributed by atoms with E-state index in [-0.39, 0.29) is 98.4 Å². The van der Waals surface area contributed by atoms with Crippen molar-refractivity contribution in [2.24, 2.45) is 56.2 Å². The molecule has 0 aromatic heterocycles. The minimum Gasteiger partial charge on any atom is -0.455 e. The number of fused-ring (bicyclic) bond motifs is 15. The van der Waals surface area contributed by atoms with Crippen molar-refractivity contribution in [2.45, 2.75) is 309 Å². The third-order valence-corrected chi connectivity index (χ3v) is 31.6. The molecular weight excluding hydrogens is 1740 g/mol. The van der Waals surface area contributed by atoms with Gasteiger partial charge in [-0.2, -0.15) is 0 Å². The number of benzene rings is 3. The van der Waals surface area contributed by atoms with E-state index in [1.165, 1.54) is 53.7 Å². The van der Waals surface area contributed by atoms with Crippen molar-refractivity contribution in [3.63, 3.8) is 0 Å². The summed E-state index contributed by atoms with van der Waals surface area (Å²) < 4.78 is 71.4. The molecule has 130 heavy (non-hydrogen) atoms. The molecule has 32 nitrogen and oxygen atoms in total. The van der Waals surface area contributed by atoms with Crippen LogP contribution in [-0.4, -0.2) is 267 Å². The van der Waals surface area contributed by atoms with E-state index in [9.17, 15) is 99.0 Å². The summed E-state index contributed by atoms with van der Waals surface area (Å²) in [5, 5.41) is 121. The van der Waals surface area contributed by atoms with Crippen molar-refractivity contribution < 1.29 is 156 Å². The fraction of sp³-hybridized carbons (Fsp3) is 0.646. The fourth-order valence-corrected chi connectivity index (χ4v) is 24.5. The Kier molecular flexibility index (Phi) is 28.8. The molecule has 10 N–H and O–H groups in total. The van der Waals surface area contributed by atoms with Gasteiger partial charge in [0, 0.05) is 101 Å². The van der Waals surface area contributed by atoms with Crippen molar-refractivity contribution in [3.8, 4) is 0 Å². The number of alkyl halides is 2. The Morgan fingerprint density at radius 3 is 1.00 bits per heavy atom. The summed E-state index contributed by atoms with van der Waals surface area (Å²) >= 11 is 9.53. The molecule has 3 heterocycles. The Labute approximate surface area is 765 Å². The highest BCUT2D eigenvalue weighted by atomic mass is 35.5. The van der Waals surface area contributed by atoms with Gasteiger partial charge >= 0.3 is 53.7 Å². The van der Waals surface area contributed by atoms with Gasteiger partial charge in [0.15, 0.2) is 40.9 Å². The predicted octanol–water partition coefficient (Wildman–Crippen LogP) is 7.87. The number of aliphatic hydroxyl groups excluding tert-OH is 7. The fourth-order valence-electron chi connectivity index (χ4n) is 24.5. The van der Waals surface area contributed by atoms with Gasteiger partial charge < -0.3 is 108 Å². The lowest BCUT2D eigenvalue weighted by Gasteiger charge is -2.69. The maximum Gasteiger partial charge on any atom is 0.338 e. The number of esters is 9. The van der Waals surface area contributed by atoms with Crippen LogP contribution >= 0.6 is 23.2 Å². The molecule has 29 atom stereocenters. The van der Waals surface area contributed by atoms with Crippen LogP contribution in [0.4, 0.5) is 0 Å². The van der Waals surface area contributed by atoms with Crippen LogP contribution in [0.25, 0.3) is 0 Å². The van der Waals surface area contributed by atoms with Crippen molar-refractivity contribution in [1.82, 2.24) is 0 Å². The van der Waals surface area contributed by atoms with Crippen LogP contribution < -0.4 is 0 Å². The number of halogens is 2. The monoisotopic (exact) mass is 1860 g/mol. The number of hydrogen-bond donors (Lipinski definition) is 10. The number of carbonyl (C=O) groups is 10. The van der Waals surface area contributed by atoms with Gasteiger partial charge in [0.25, 0.3) is 0 Å². The summed E-state index contributed by atoms with van der Waals surface area (Å²) in [7, 11) is 0. The molecule has 3 aromatic carbocycles. The summed E-state index contributed by atoms with van der Waals surface area (Å²) in [5.74, 6) is -11.2. The molecular formula is C96H126Cl2O32. The molecule has 0 spiro atoms. The molecule has 6 bridgehead atoms. The van der Waals surface area contributed by atoms with Crippen molar-refractivity contribution >= 4 is 82.7 Å². The molecule has 3 aliphatic heterocycles. The first-order chi connectivity index (χ1) is 60.0. The molecule has 3 aromatic rings. The molecule has 0 radical (unpaired) electrons. The molecule has 34 heteroatoms. The van der Waals surface area contributed by atoms with Crippen molar-refractivity contribution in [3.05, 3.63) is 141 Å². The predicted molar refractivity (Wildman–Crippen MR) is 463 cm³/mol. The molecule has 9 aliphatic carbocycles. The summed E-state index contributed by atoms with van der Waals surface area (Å²) in [6.07, 6.45) is -21.3. The molecule has 716 valence electrons. The zero-order valence-electron chi connectivity index (χ0n) is 76.0. The number of Topliss-reactive ketones (excluding diaryl/α,β-unsaturated/α-hetero) is 1. The van der Waals surface area contributed by atoms with Gasteiger partial charge in [-0.1, -0.05) is 124 Å². The molecule has 3 unspecified atom stereocenters. The standard InChI is InChI=1S/C32H42O10.C31H40O11.C31H38O11.CH2Cl2.CH4/c1-16-13-22-31(15-39-22,42-19(4)34)25-27(41-28(37)20-11-9-8-10-12-20)32(38)14-21(35)17(2)23(29(32,5)6)24(40-18(3)33)26(36)30(16,25)7;2*1-15-19(34)13-31(38)26(41-27(37)18-10-8-7-9-11-18)24-29(6,20(35)12-21-30(24,14-39-21)42-17(3)33)25(36)23(40-16(2)32)22(15)28(31,4)5;2-1-3;/h8-12,16,21-22,24-27,35-36,38H,13-15H2,1-7H3;7-11,19-21,23-26,34-36,38H,12-14H2,1-6H3;7-11,19-21,23-24,26,34-35,38H,12-14H2,1-6H3;1H2;1H4/t16-,21-,22+,24+,25?,26+,27-,30+,31-,32+;19-,20-,21+,23+,24?,25+,26-,29+,30-,31+;19-,20-,21+,23+,24?,26-,29+,30-,31+;;/m000../s1. The SMILES string of the molecule is C.CC(=O)O[C@@H]1C2=C(C)[C@@H](O)C[C@@](O)([C@@H](OC(=O)c3ccccc3)C3[C@](C)([C@@H]1O)[C@@H](C)C[C@H]1OC[C@@]31OC(C)=O)C2(C)C.CC(=O)O[C@@H]1C2=C(C)[C@@H](O)C[C@@](O)([C@@H](OC(=O)c3ccccc3)C3[C@](C)([C@@H]1O)[C@@H](O)C[C@H]1OC[C@@]31OC(C)=O)C2(C)C.CC(=O)O[C@H]1C(=O)[C@@]2(C)C([C@H](OC(=O)c3ccccc3)[C@]3(O)C[C@H](O)C(C)=C1C3(C)C)[C@]1(OC(C)=O)CO[C@@H]1C[C@@H]2O.ClCCl. The van der Waals surface area contributed by atoms with Crippen LogP contribution in [-0.2, 0) is 90.4 Å². The maximum atomic E-state index is 14.8. The third kappa shape index (κ3) is 16.0. The number of ether oxygens (including phenoxy) is 12. The van der Waals surface area contributed by atoms with Gasteiger partial charge in [-0.15, -0.1) is 23.2 Å². The zero-order chi connectivity index (χ0) is 95.7. The first kappa shape index (κ1) is 102. The summed E-state index contributed by atoms with van der Waals surface area (Å²) in [6, 6.07) is 24.5. The van der Waals surface area contributed by atoms with E-state index >= 15 is 0 Å². The van der Waals surface area contributed by atoms with Crippen LogP contribution in [0.1, 0.15) is 209 Å². The number of rotatable bonds is 12. The normalized spacial score (nSPS) is 40.4. The van der Waals surface area contributed by atoms with Crippen LogP contribution in [0.15, 0.2) is 124 Å². The Balaban J connectivity index is 0.000000185. The topological polar surface area (TPSA) is 484 Å². The quantitative estimate of drug-likeness (QED) is 0.0356. The van der Waals surface area contributed by atoms with Crippen molar-refractivity contribution in [1.29, 1.82) is 0 Å². The highest BCUT2D eigenvalue weighted by Gasteiger charge is 2.82. The number of hydrogen-bond acceptors (Lipinski definition) is 32. The first-order valence-corrected chi connectivity index (χ1v) is 44.5. The number of aliphatic hydroxyl groups is 10. The number of carbonyl (C=O) groups excluding carboxylic acids is 10. The minimum absolute atomic E-state index is 0. The van der Waals surface area contributed by atoms with E-state index < -0.39 is 241 Å². The van der Waals surface area contributed by atoms with Crippen LogP contribution in [0.5, 0.6) is 0 Å². The van der Waals surface area contributed by atoms with Gasteiger partial charge in [-0.3, -0.25) is 33.6 Å². The Hall–Kier alpha value is -8.16. The molecule has 3 saturated heterocycles. The maximum absolute atomic E-state index is 14.8. The van der Waals surface area contributed by atoms with Crippen molar-refractivity contribution in [2.75, 3.05) is 25.2 Å². The van der Waals surface area contributed by atoms with E-state index in [1.807, 2.05) is 6.92 Å². The van der Waals surface area contributed by atoms with Gasteiger partial charge in [0.2, 0.25) is 0 Å². The molecule has 0 amide bonds. The smallest absolute Gasteiger partial charge is 0.338 e. The second kappa shape index (κ2) is 36.6. The Morgan fingerprint density at radius 1 is 0.400 bits per heavy atom. The van der Waals surface area contributed by atoms with Gasteiger partial charge in [-0.05, 0) is 110 Å². The van der Waals surface area contributed by atoms with Gasteiger partial charge in [0.05, 0.1) is 95.5 Å². The third-order valence-electron chi connectivity index (χ3n) is 31.6. The minimum atomic E-state index is -2.11. The van der Waals surface area contributed by atoms with E-state index in [2.05, 4.69) is 0 Å². The highest BCUT2D eigenvalue weighted by Crippen LogP contribution is 2.70. The lowest BCUT2D eigenvalue weighted by Crippen LogP contribution is -2.82. The lowest BCUT2D eigenvalue weighted by atomic mass is 9.43. The first-order valence-electron chi connectivity index (χ1n) is 43.4. The van der Waals surface area contributed by atoms with Gasteiger partial charge in [-0.25, -0.2) is 14.4 Å². The van der Waals surface area contributed by atoms with Crippen LogP contribution in [0.3, 0.4) is 0 Å². The zero-order valence-corrected chi connectivity index (χ0v) is 77.5. The Morgan fingerprint density at radius 2 is 0.685 bits per heavy atom. The average molecular weight is 1860 g/mol. The molecule has 9 fully saturated rings. The summed E-state index contributed by atoms with van der Waals surface area (Å²) in [4.78, 5) is 131.